The van der Waals surface area contributed by atoms with Crippen LogP contribution in [0.4, 0.5) is 25.1 Å². The van der Waals surface area contributed by atoms with E-state index in [1.807, 2.05) is 18.3 Å². The predicted molar refractivity (Wildman–Crippen MR) is 133 cm³/mol. The number of hydrogen-bond donors (Lipinski definition) is 1. The smallest absolute Gasteiger partial charge is 0.310 e. The van der Waals surface area contributed by atoms with Crippen molar-refractivity contribution >= 4 is 31.4 Å². The van der Waals surface area contributed by atoms with Crippen LogP contribution in [0.15, 0.2) is 83.0 Å². The van der Waals surface area contributed by atoms with Crippen molar-refractivity contribution in [3.8, 4) is 11.1 Å². The van der Waals surface area contributed by atoms with Crippen molar-refractivity contribution in [2.75, 3.05) is 5.32 Å². The quantitative estimate of drug-likeness (QED) is 0.252. The number of rotatable bonds is 6. The Morgan fingerprint density at radius 2 is 1.43 bits per heavy atom. The average Bonchev–Trinajstić information content (AvgIpc) is 3.31. The third kappa shape index (κ3) is 5.42. The van der Waals surface area contributed by atoms with Gasteiger partial charge in [-0.3, -0.25) is 4.40 Å². The van der Waals surface area contributed by atoms with Gasteiger partial charge in [-0.1, -0.05) is 31.6 Å². The number of nitrogens with one attached hydrogen (secondary N) is 1. The van der Waals surface area contributed by atoms with Gasteiger partial charge in [-0.25, -0.2) is 8.42 Å². The molecular weight excluding hydrogens is 535 g/mol. The summed E-state index contributed by atoms with van der Waals surface area (Å²) in [4.78, 5) is -1.71. The van der Waals surface area contributed by atoms with Gasteiger partial charge in [0.15, 0.2) is 15.5 Å². The zero-order valence-electron chi connectivity index (χ0n) is 19.3. The second-order valence-corrected chi connectivity index (χ2v) is 13.8. The molecule has 0 aliphatic heterocycles. The van der Waals surface area contributed by atoms with Gasteiger partial charge in [0.2, 0.25) is 0 Å². The van der Waals surface area contributed by atoms with Gasteiger partial charge in [-0.15, -0.1) is 10.2 Å². The molecule has 5 rings (SSSR count). The Bertz CT molecular complexity index is 1550. The maximum absolute atomic E-state index is 13.2. The van der Waals surface area contributed by atoms with E-state index in [1.165, 1.54) is 0 Å². The Morgan fingerprint density at radius 3 is 2.05 bits per heavy atom. The number of halogens is 5. The summed E-state index contributed by atoms with van der Waals surface area (Å²) in [6.07, 6.45) is 5.14. The molecule has 4 aromatic rings. The second-order valence-electron chi connectivity index (χ2n) is 9.19. The van der Waals surface area contributed by atoms with Gasteiger partial charge in [-0.05, 0) is 85.3 Å². The van der Waals surface area contributed by atoms with Gasteiger partial charge >= 0.3 is 10.2 Å². The molecule has 198 valence electrons. The minimum absolute atomic E-state index is 0.174. The minimum Gasteiger partial charge on any atom is -0.382 e. The third-order valence-electron chi connectivity index (χ3n) is 6.59. The number of fused-ring (bicyclic) bond motifs is 1. The second kappa shape index (κ2) is 8.15. The molecule has 0 unspecified atom stereocenters. The zero-order valence-corrected chi connectivity index (χ0v) is 20.9. The molecule has 1 aliphatic carbocycles. The Morgan fingerprint density at radius 1 is 0.811 bits per heavy atom. The van der Waals surface area contributed by atoms with E-state index in [2.05, 4.69) is 15.5 Å². The summed E-state index contributed by atoms with van der Waals surface area (Å²) < 4.78 is 92.7. The molecule has 6 nitrogen and oxygen atoms in total. The molecule has 0 amide bonds. The van der Waals surface area contributed by atoms with Gasteiger partial charge in [0, 0.05) is 17.9 Å². The number of pyridine rings is 1. The van der Waals surface area contributed by atoms with E-state index in [9.17, 15) is 27.8 Å². The largest absolute Gasteiger partial charge is 0.382 e. The first-order valence-corrected chi connectivity index (χ1v) is 14.9. The van der Waals surface area contributed by atoms with Gasteiger partial charge in [0.05, 0.1) is 10.1 Å². The van der Waals surface area contributed by atoms with E-state index in [-0.39, 0.29) is 16.6 Å². The maximum atomic E-state index is 13.2. The van der Waals surface area contributed by atoms with Crippen molar-refractivity contribution in [3.63, 3.8) is 0 Å². The van der Waals surface area contributed by atoms with Crippen molar-refractivity contribution in [1.82, 2.24) is 14.6 Å². The number of sulfone groups is 1. The third-order valence-corrected chi connectivity index (χ3v) is 10.0. The summed E-state index contributed by atoms with van der Waals surface area (Å²) in [6, 6.07) is 12.9. The molecule has 1 saturated carbocycles. The normalized spacial score (nSPS) is 20.8. The number of anilines is 1. The fraction of sp³-hybridized carbons (Fsp3) is 0.250. The molecule has 2 aromatic carbocycles. The number of aromatic nitrogens is 3. The van der Waals surface area contributed by atoms with Crippen molar-refractivity contribution < 1.29 is 27.8 Å². The number of hydrogen-bond acceptors (Lipinski definition) is 5. The lowest BCUT2D eigenvalue weighted by Crippen LogP contribution is -2.32. The van der Waals surface area contributed by atoms with E-state index in [0.717, 1.165) is 23.3 Å². The zero-order chi connectivity index (χ0) is 26.5. The van der Waals surface area contributed by atoms with Crippen LogP contribution in [-0.4, -0.2) is 34.3 Å². The van der Waals surface area contributed by atoms with Crippen LogP contribution in [0.2, 0.25) is 0 Å². The summed E-state index contributed by atoms with van der Waals surface area (Å²) >= 11 is 0. The Hall–Kier alpha value is -3.19. The lowest BCUT2D eigenvalue weighted by Gasteiger charge is -2.40. The standard InChI is InChI=1S/C24H23F5N4O2S2/c25-37(26,27,28,29)23-12-6-20(7-13-23)31-19-4-10-22(11-5-19)36(34,35)21-8-1-17(2-9-21)18-3-14-24-32-30-16-33(24)15-18/h1-3,6-9,12-16,19,22,31H,4-5,10-11H2. The van der Waals surface area contributed by atoms with Crippen LogP contribution in [0.5, 0.6) is 0 Å². The summed E-state index contributed by atoms with van der Waals surface area (Å²) in [7, 11) is -13.3. The molecule has 1 aliphatic rings. The molecule has 0 saturated heterocycles. The van der Waals surface area contributed by atoms with Crippen molar-refractivity contribution in [2.24, 2.45) is 0 Å². The number of benzene rings is 2. The molecule has 13 heteroatoms. The van der Waals surface area contributed by atoms with E-state index in [1.54, 1.807) is 35.0 Å². The first-order valence-electron chi connectivity index (χ1n) is 11.4. The fourth-order valence-electron chi connectivity index (χ4n) is 4.59. The van der Waals surface area contributed by atoms with Gasteiger partial charge in [-0.2, -0.15) is 0 Å². The lowest BCUT2D eigenvalue weighted by molar-refractivity contribution is 0.364. The highest BCUT2D eigenvalue weighted by Crippen LogP contribution is 3.02. The highest BCUT2D eigenvalue weighted by atomic mass is 32.5. The number of nitrogens with zero attached hydrogens (tertiary/aromatic N) is 3. The fourth-order valence-corrected chi connectivity index (χ4v) is 7.03. The molecule has 2 aromatic heterocycles. The van der Waals surface area contributed by atoms with Crippen molar-refractivity contribution in [3.05, 3.63) is 73.2 Å². The Labute approximate surface area is 210 Å². The summed E-state index contributed by atoms with van der Waals surface area (Å²) in [5.41, 5.74) is 2.71. The topological polar surface area (TPSA) is 76.4 Å². The summed E-state index contributed by atoms with van der Waals surface area (Å²) in [6.45, 7) is 0. The first-order chi connectivity index (χ1) is 17.2. The van der Waals surface area contributed by atoms with Crippen LogP contribution in [0.25, 0.3) is 16.8 Å². The van der Waals surface area contributed by atoms with E-state index in [0.29, 0.717) is 43.5 Å². The highest BCUT2D eigenvalue weighted by molar-refractivity contribution is 8.45. The summed E-state index contributed by atoms with van der Waals surface area (Å²) in [5.74, 6) is 0. The van der Waals surface area contributed by atoms with E-state index in [4.69, 9.17) is 0 Å². The molecule has 2 heterocycles. The first kappa shape index (κ1) is 25.5. The summed E-state index contributed by atoms with van der Waals surface area (Å²) in [5, 5.41) is 10.2. The lowest BCUT2D eigenvalue weighted by atomic mass is 9.95. The van der Waals surface area contributed by atoms with E-state index >= 15 is 0 Å². The van der Waals surface area contributed by atoms with Crippen LogP contribution in [-0.2, 0) is 9.84 Å². The van der Waals surface area contributed by atoms with E-state index < -0.39 is 30.2 Å². The molecule has 0 radical (unpaired) electrons. The molecular formula is C24H23F5N4O2S2. The van der Waals surface area contributed by atoms with Gasteiger partial charge < -0.3 is 5.32 Å². The molecule has 0 spiro atoms. The average molecular weight is 559 g/mol. The van der Waals surface area contributed by atoms with Gasteiger partial charge in [0.1, 0.15) is 11.2 Å². The van der Waals surface area contributed by atoms with Crippen LogP contribution >= 0.6 is 10.2 Å². The van der Waals surface area contributed by atoms with Crippen molar-refractivity contribution in [1.29, 1.82) is 0 Å². The molecule has 0 atom stereocenters. The molecule has 1 N–H and O–H groups in total. The predicted octanol–water partition coefficient (Wildman–Crippen LogP) is 7.25. The monoisotopic (exact) mass is 558 g/mol. The maximum Gasteiger partial charge on any atom is 0.310 e. The van der Waals surface area contributed by atoms with Crippen LogP contribution < -0.4 is 5.32 Å². The Balaban J connectivity index is 1.22. The van der Waals surface area contributed by atoms with Gasteiger partial charge in [0.25, 0.3) is 0 Å². The van der Waals surface area contributed by atoms with Crippen LogP contribution in [0.1, 0.15) is 25.7 Å². The molecule has 0 bridgehead atoms. The van der Waals surface area contributed by atoms with Crippen LogP contribution in [0.3, 0.4) is 0 Å². The molecule has 1 fully saturated rings. The highest BCUT2D eigenvalue weighted by Gasteiger charge is 2.65. The van der Waals surface area contributed by atoms with Crippen molar-refractivity contribution in [2.45, 2.75) is 46.8 Å². The SMILES string of the molecule is O=S(=O)(c1ccc(-c2ccc3nncn3c2)cc1)C1CCC(Nc2ccc(S(F)(F)(F)(F)F)cc2)CC1. The van der Waals surface area contributed by atoms with Crippen LogP contribution in [0, 0.1) is 0 Å². The molecule has 37 heavy (non-hydrogen) atoms. The minimum atomic E-state index is -9.71. The Kier molecular flexibility index (Phi) is 5.61.